The number of anilines is 2. The standard InChI is InChI=1S/C15H9BrClF3N2O2S/c16-8-4-11-12(24-6-14(23)21-11)5-13(8)25-22-10-2-1-7(3-9(10)17)15(18,19)20/h1-5,22H,6H2,(H,21,23). The molecule has 0 atom stereocenters. The van der Waals surface area contributed by atoms with Crippen LogP contribution in [0.3, 0.4) is 0 Å². The number of nitrogens with one attached hydrogen (secondary N) is 2. The Balaban J connectivity index is 1.77. The van der Waals surface area contributed by atoms with Gasteiger partial charge in [-0.05, 0) is 58.2 Å². The lowest BCUT2D eigenvalue weighted by atomic mass is 10.2. The number of hydrogen-bond acceptors (Lipinski definition) is 4. The molecule has 3 rings (SSSR count). The predicted molar refractivity (Wildman–Crippen MR) is 94.2 cm³/mol. The minimum Gasteiger partial charge on any atom is -0.482 e. The first-order valence-corrected chi connectivity index (χ1v) is 8.78. The number of carbonyl (C=O) groups excluding carboxylic acids is 1. The van der Waals surface area contributed by atoms with Gasteiger partial charge in [-0.1, -0.05) is 11.6 Å². The van der Waals surface area contributed by atoms with Crippen molar-refractivity contribution in [3.8, 4) is 5.75 Å². The molecule has 1 aliphatic heterocycles. The van der Waals surface area contributed by atoms with Crippen molar-refractivity contribution in [1.29, 1.82) is 0 Å². The van der Waals surface area contributed by atoms with Gasteiger partial charge in [0.25, 0.3) is 5.91 Å². The Morgan fingerprint density at radius 3 is 2.72 bits per heavy atom. The molecule has 0 aromatic heterocycles. The van der Waals surface area contributed by atoms with E-state index in [1.54, 1.807) is 12.1 Å². The van der Waals surface area contributed by atoms with E-state index in [-0.39, 0.29) is 17.5 Å². The van der Waals surface area contributed by atoms with Crippen LogP contribution in [-0.4, -0.2) is 12.5 Å². The van der Waals surface area contributed by atoms with Crippen LogP contribution in [0.25, 0.3) is 0 Å². The van der Waals surface area contributed by atoms with Crippen LogP contribution in [-0.2, 0) is 11.0 Å². The second kappa shape index (κ2) is 6.97. The van der Waals surface area contributed by atoms with E-state index in [1.807, 2.05) is 0 Å². The third kappa shape index (κ3) is 4.16. The number of fused-ring (bicyclic) bond motifs is 1. The fourth-order valence-corrected chi connectivity index (χ4v) is 3.63. The Morgan fingerprint density at radius 1 is 1.28 bits per heavy atom. The smallest absolute Gasteiger partial charge is 0.416 e. The Kier molecular flexibility index (Phi) is 5.08. The highest BCUT2D eigenvalue weighted by atomic mass is 79.9. The summed E-state index contributed by atoms with van der Waals surface area (Å²) in [5.41, 5.74) is 0.0747. The van der Waals surface area contributed by atoms with E-state index in [1.165, 1.54) is 6.07 Å². The highest BCUT2D eigenvalue weighted by molar-refractivity contribution is 9.10. The van der Waals surface area contributed by atoms with Crippen molar-refractivity contribution in [2.75, 3.05) is 16.6 Å². The molecule has 0 aliphatic carbocycles. The maximum atomic E-state index is 12.7. The van der Waals surface area contributed by atoms with E-state index in [0.717, 1.165) is 24.1 Å². The van der Waals surface area contributed by atoms with Gasteiger partial charge in [-0.3, -0.25) is 4.79 Å². The number of rotatable bonds is 3. The highest BCUT2D eigenvalue weighted by Gasteiger charge is 2.30. The van der Waals surface area contributed by atoms with Gasteiger partial charge in [0.1, 0.15) is 5.75 Å². The number of amides is 1. The summed E-state index contributed by atoms with van der Waals surface area (Å²) in [5.74, 6) is 0.264. The van der Waals surface area contributed by atoms with Gasteiger partial charge >= 0.3 is 6.18 Å². The lowest BCUT2D eigenvalue weighted by Crippen LogP contribution is -2.25. The highest BCUT2D eigenvalue weighted by Crippen LogP contribution is 2.40. The Bertz CT molecular complexity index is 848. The second-order valence-corrected chi connectivity index (χ2v) is 7.12. The molecule has 2 N–H and O–H groups in total. The van der Waals surface area contributed by atoms with Crippen LogP contribution >= 0.6 is 39.5 Å². The molecule has 0 saturated heterocycles. The molecule has 0 spiro atoms. The molecule has 10 heteroatoms. The number of halogens is 5. The number of ether oxygens (including phenoxy) is 1. The minimum absolute atomic E-state index is 0.0417. The van der Waals surface area contributed by atoms with Gasteiger partial charge in [-0.15, -0.1) is 0 Å². The molecule has 0 saturated carbocycles. The molecule has 25 heavy (non-hydrogen) atoms. The first-order chi connectivity index (χ1) is 11.7. The summed E-state index contributed by atoms with van der Waals surface area (Å²) in [6.07, 6.45) is -4.45. The third-order valence-corrected chi connectivity index (χ3v) is 5.35. The zero-order valence-electron chi connectivity index (χ0n) is 12.2. The quantitative estimate of drug-likeness (QED) is 0.597. The predicted octanol–water partition coefficient (Wildman–Crippen LogP) is 5.57. The van der Waals surface area contributed by atoms with Gasteiger partial charge in [0.15, 0.2) is 6.61 Å². The molecule has 4 nitrogen and oxygen atoms in total. The van der Waals surface area contributed by atoms with E-state index >= 15 is 0 Å². The lowest BCUT2D eigenvalue weighted by molar-refractivity contribution is -0.137. The zero-order chi connectivity index (χ0) is 18.2. The van der Waals surface area contributed by atoms with E-state index < -0.39 is 11.7 Å². The van der Waals surface area contributed by atoms with Crippen molar-refractivity contribution < 1.29 is 22.7 Å². The van der Waals surface area contributed by atoms with Crippen LogP contribution in [0.5, 0.6) is 5.75 Å². The zero-order valence-corrected chi connectivity index (χ0v) is 15.4. The first-order valence-electron chi connectivity index (χ1n) is 6.80. The molecule has 2 aromatic carbocycles. The molecule has 1 heterocycles. The van der Waals surface area contributed by atoms with Crippen LogP contribution in [0.4, 0.5) is 24.5 Å². The number of benzene rings is 2. The first kappa shape index (κ1) is 18.2. The maximum Gasteiger partial charge on any atom is 0.416 e. The fourth-order valence-electron chi connectivity index (χ4n) is 2.04. The van der Waals surface area contributed by atoms with Crippen molar-refractivity contribution in [3.63, 3.8) is 0 Å². The van der Waals surface area contributed by atoms with Gasteiger partial charge in [0, 0.05) is 9.37 Å². The lowest BCUT2D eigenvalue weighted by Gasteiger charge is -2.19. The molecule has 1 aliphatic rings. The van der Waals surface area contributed by atoms with Crippen molar-refractivity contribution in [3.05, 3.63) is 45.4 Å². The van der Waals surface area contributed by atoms with Crippen LogP contribution < -0.4 is 14.8 Å². The molecule has 1 amide bonds. The Labute approximate surface area is 158 Å². The van der Waals surface area contributed by atoms with Gasteiger partial charge in [0.2, 0.25) is 0 Å². The largest absolute Gasteiger partial charge is 0.482 e. The fraction of sp³-hybridized carbons (Fsp3) is 0.133. The molecule has 0 radical (unpaired) electrons. The Hall–Kier alpha value is -1.58. The average molecular weight is 454 g/mol. The number of hydrogen-bond donors (Lipinski definition) is 2. The third-order valence-electron chi connectivity index (χ3n) is 3.23. The summed E-state index contributed by atoms with van der Waals surface area (Å²) >= 11 is 10.4. The van der Waals surface area contributed by atoms with Crippen LogP contribution in [0.15, 0.2) is 39.7 Å². The SMILES string of the molecule is O=C1COc2cc(SNc3ccc(C(F)(F)F)cc3Cl)c(Br)cc2N1. The van der Waals surface area contributed by atoms with Crippen molar-refractivity contribution in [2.24, 2.45) is 0 Å². The molecule has 2 aromatic rings. The van der Waals surface area contributed by atoms with E-state index in [2.05, 4.69) is 26.0 Å². The van der Waals surface area contributed by atoms with Crippen molar-refractivity contribution >= 4 is 56.8 Å². The topological polar surface area (TPSA) is 50.4 Å². The van der Waals surface area contributed by atoms with Crippen LogP contribution in [0.1, 0.15) is 5.56 Å². The summed E-state index contributed by atoms with van der Waals surface area (Å²) in [6.45, 7) is -0.0725. The molecule has 0 fully saturated rings. The average Bonchev–Trinajstić information content (AvgIpc) is 2.53. The summed E-state index contributed by atoms with van der Waals surface area (Å²) < 4.78 is 46.9. The van der Waals surface area contributed by atoms with Crippen LogP contribution in [0.2, 0.25) is 5.02 Å². The van der Waals surface area contributed by atoms with Gasteiger partial charge in [-0.2, -0.15) is 13.2 Å². The summed E-state index contributed by atoms with van der Waals surface area (Å²) in [5, 5.41) is 2.64. The second-order valence-electron chi connectivity index (χ2n) is 5.01. The molecule has 132 valence electrons. The molecule has 0 unspecified atom stereocenters. The number of alkyl halides is 3. The van der Waals surface area contributed by atoms with Gasteiger partial charge in [-0.25, -0.2) is 0 Å². The van der Waals surface area contributed by atoms with E-state index in [4.69, 9.17) is 16.3 Å². The number of carbonyl (C=O) groups is 1. The molecular formula is C15H9BrClF3N2O2S. The molecule has 0 bridgehead atoms. The molecular weight excluding hydrogens is 445 g/mol. The summed E-state index contributed by atoms with van der Waals surface area (Å²) in [7, 11) is 0. The van der Waals surface area contributed by atoms with Gasteiger partial charge in [0.05, 0.1) is 22.0 Å². The van der Waals surface area contributed by atoms with Crippen molar-refractivity contribution in [2.45, 2.75) is 11.1 Å². The van der Waals surface area contributed by atoms with Crippen LogP contribution in [0, 0.1) is 0 Å². The Morgan fingerprint density at radius 2 is 2.04 bits per heavy atom. The minimum atomic E-state index is -4.45. The monoisotopic (exact) mass is 452 g/mol. The van der Waals surface area contributed by atoms with Gasteiger partial charge < -0.3 is 14.8 Å². The van der Waals surface area contributed by atoms with E-state index in [0.29, 0.717) is 26.5 Å². The van der Waals surface area contributed by atoms with E-state index in [9.17, 15) is 18.0 Å². The van der Waals surface area contributed by atoms with Crippen molar-refractivity contribution in [1.82, 2.24) is 0 Å². The maximum absolute atomic E-state index is 12.7. The summed E-state index contributed by atoms with van der Waals surface area (Å²) in [6, 6.07) is 6.47. The summed E-state index contributed by atoms with van der Waals surface area (Å²) in [4.78, 5) is 12.0. The normalized spacial score (nSPS) is 13.7.